The SMILES string of the molecule is CC(C)Oc1ccc(/C=C(/C#N)c2nc3ccccc3s2)cc1Cl. The Hall–Kier alpha value is -2.35. The third-order valence-electron chi connectivity index (χ3n) is 3.27. The average molecular weight is 355 g/mol. The number of allylic oxidation sites excluding steroid dienone is 1. The zero-order valence-corrected chi connectivity index (χ0v) is 14.9. The molecule has 0 aliphatic heterocycles. The molecule has 0 bridgehead atoms. The van der Waals surface area contributed by atoms with Crippen LogP contribution in [0.1, 0.15) is 24.4 Å². The highest BCUT2D eigenvalue weighted by atomic mass is 35.5. The number of nitrogens with zero attached hydrogens (tertiary/aromatic N) is 2. The van der Waals surface area contributed by atoms with Crippen molar-refractivity contribution in [3.63, 3.8) is 0 Å². The van der Waals surface area contributed by atoms with E-state index in [9.17, 15) is 5.26 Å². The van der Waals surface area contributed by atoms with Crippen molar-refractivity contribution in [3.8, 4) is 11.8 Å². The summed E-state index contributed by atoms with van der Waals surface area (Å²) in [6.45, 7) is 3.90. The third kappa shape index (κ3) is 3.59. The number of rotatable bonds is 4. The lowest BCUT2D eigenvalue weighted by Crippen LogP contribution is -2.05. The van der Waals surface area contributed by atoms with E-state index in [2.05, 4.69) is 11.1 Å². The summed E-state index contributed by atoms with van der Waals surface area (Å²) >= 11 is 7.77. The standard InChI is InChI=1S/C19H15ClN2OS/c1-12(2)23-17-8-7-13(10-15(17)20)9-14(11-21)19-22-16-5-3-4-6-18(16)24-19/h3-10,12H,1-2H3/b14-9-. The van der Waals surface area contributed by atoms with E-state index in [4.69, 9.17) is 16.3 Å². The van der Waals surface area contributed by atoms with Crippen LogP contribution >= 0.6 is 22.9 Å². The van der Waals surface area contributed by atoms with Gasteiger partial charge in [0.15, 0.2) is 0 Å². The van der Waals surface area contributed by atoms with Crippen molar-refractivity contribution in [3.05, 3.63) is 58.1 Å². The molecule has 2 aromatic carbocycles. The van der Waals surface area contributed by atoms with E-state index in [0.717, 1.165) is 15.8 Å². The van der Waals surface area contributed by atoms with Gasteiger partial charge in [-0.2, -0.15) is 5.26 Å². The molecule has 0 radical (unpaired) electrons. The van der Waals surface area contributed by atoms with Gasteiger partial charge in [-0.15, -0.1) is 11.3 Å². The van der Waals surface area contributed by atoms with Crippen LogP contribution in [0.3, 0.4) is 0 Å². The lowest BCUT2D eigenvalue weighted by atomic mass is 10.1. The molecular formula is C19H15ClN2OS. The van der Waals surface area contributed by atoms with Crippen LogP contribution in [0.2, 0.25) is 5.02 Å². The first kappa shape index (κ1) is 16.5. The lowest BCUT2D eigenvalue weighted by Gasteiger charge is -2.11. The number of hydrogen-bond acceptors (Lipinski definition) is 4. The molecule has 0 saturated carbocycles. The Morgan fingerprint density at radius 1 is 1.29 bits per heavy atom. The highest BCUT2D eigenvalue weighted by molar-refractivity contribution is 7.19. The lowest BCUT2D eigenvalue weighted by molar-refractivity contribution is 0.242. The molecule has 24 heavy (non-hydrogen) atoms. The van der Waals surface area contributed by atoms with Crippen LogP contribution in [0, 0.1) is 11.3 Å². The molecule has 1 aromatic heterocycles. The van der Waals surface area contributed by atoms with Crippen LogP contribution < -0.4 is 4.74 Å². The van der Waals surface area contributed by atoms with Gasteiger partial charge in [0.2, 0.25) is 0 Å². The summed E-state index contributed by atoms with van der Waals surface area (Å²) in [5, 5.41) is 10.7. The van der Waals surface area contributed by atoms with Crippen molar-refractivity contribution < 1.29 is 4.74 Å². The van der Waals surface area contributed by atoms with Crippen LogP contribution in [0.4, 0.5) is 0 Å². The molecule has 5 heteroatoms. The van der Waals surface area contributed by atoms with E-state index in [1.54, 1.807) is 12.1 Å². The number of fused-ring (bicyclic) bond motifs is 1. The summed E-state index contributed by atoms with van der Waals surface area (Å²) in [5.74, 6) is 0.641. The first-order valence-electron chi connectivity index (χ1n) is 7.51. The molecule has 120 valence electrons. The third-order valence-corrected chi connectivity index (χ3v) is 4.64. The normalized spacial score (nSPS) is 11.7. The van der Waals surface area contributed by atoms with E-state index in [0.29, 0.717) is 21.4 Å². The van der Waals surface area contributed by atoms with Crippen LogP contribution in [-0.4, -0.2) is 11.1 Å². The van der Waals surface area contributed by atoms with Gasteiger partial charge in [0.1, 0.15) is 16.8 Å². The number of para-hydroxylation sites is 1. The smallest absolute Gasteiger partial charge is 0.138 e. The topological polar surface area (TPSA) is 45.9 Å². The summed E-state index contributed by atoms with van der Waals surface area (Å²) in [7, 11) is 0. The average Bonchev–Trinajstić information content (AvgIpc) is 2.98. The molecule has 3 aromatic rings. The molecule has 0 atom stereocenters. The Morgan fingerprint density at radius 2 is 2.08 bits per heavy atom. The summed E-state index contributed by atoms with van der Waals surface area (Å²) in [6, 6.07) is 15.6. The maximum atomic E-state index is 9.50. The molecule has 0 N–H and O–H groups in total. The first-order chi connectivity index (χ1) is 11.6. The van der Waals surface area contributed by atoms with Gasteiger partial charge in [-0.3, -0.25) is 0 Å². The summed E-state index contributed by atoms with van der Waals surface area (Å²) in [6.07, 6.45) is 1.85. The molecule has 3 nitrogen and oxygen atoms in total. The molecule has 0 saturated heterocycles. The van der Waals surface area contributed by atoms with Gasteiger partial charge in [-0.25, -0.2) is 4.98 Å². The molecule has 0 aliphatic carbocycles. The summed E-state index contributed by atoms with van der Waals surface area (Å²) in [4.78, 5) is 4.53. The second kappa shape index (κ2) is 7.04. The van der Waals surface area contributed by atoms with E-state index in [1.165, 1.54) is 11.3 Å². The number of ether oxygens (including phenoxy) is 1. The van der Waals surface area contributed by atoms with Crippen molar-refractivity contribution in [1.82, 2.24) is 4.98 Å². The first-order valence-corrected chi connectivity index (χ1v) is 8.70. The molecule has 0 fully saturated rings. The van der Waals surface area contributed by atoms with E-state index in [-0.39, 0.29) is 6.10 Å². The predicted molar refractivity (Wildman–Crippen MR) is 100 cm³/mol. The largest absolute Gasteiger partial charge is 0.489 e. The van der Waals surface area contributed by atoms with Gasteiger partial charge in [-0.1, -0.05) is 29.8 Å². The van der Waals surface area contributed by atoms with Gasteiger partial charge < -0.3 is 4.74 Å². The molecule has 0 aliphatic rings. The quantitative estimate of drug-likeness (QED) is 0.556. The van der Waals surface area contributed by atoms with Crippen LogP contribution in [-0.2, 0) is 0 Å². The Balaban J connectivity index is 1.96. The maximum Gasteiger partial charge on any atom is 0.138 e. The van der Waals surface area contributed by atoms with Gasteiger partial charge in [-0.05, 0) is 49.8 Å². The predicted octanol–water partition coefficient (Wildman–Crippen LogP) is 5.80. The van der Waals surface area contributed by atoms with Crippen LogP contribution in [0.25, 0.3) is 21.9 Å². The highest BCUT2D eigenvalue weighted by Crippen LogP contribution is 2.30. The monoisotopic (exact) mass is 354 g/mol. The molecule has 1 heterocycles. The summed E-state index contributed by atoms with van der Waals surface area (Å²) in [5.41, 5.74) is 2.26. The van der Waals surface area contributed by atoms with Crippen LogP contribution in [0.5, 0.6) is 5.75 Å². The van der Waals surface area contributed by atoms with Crippen molar-refractivity contribution in [1.29, 1.82) is 5.26 Å². The number of aromatic nitrogens is 1. The van der Waals surface area contributed by atoms with Gasteiger partial charge >= 0.3 is 0 Å². The van der Waals surface area contributed by atoms with Gasteiger partial charge in [0.05, 0.1) is 26.9 Å². The second-order valence-corrected chi connectivity index (χ2v) is 6.95. The fourth-order valence-corrected chi connectivity index (χ4v) is 3.42. The molecule has 3 rings (SSSR count). The second-order valence-electron chi connectivity index (χ2n) is 5.51. The Bertz CT molecular complexity index is 920. The van der Waals surface area contributed by atoms with E-state index < -0.39 is 0 Å². The number of hydrogen-bond donors (Lipinski definition) is 0. The minimum atomic E-state index is 0.0568. The zero-order chi connectivity index (χ0) is 17.1. The number of nitriles is 1. The fourth-order valence-electron chi connectivity index (χ4n) is 2.25. The number of halogens is 1. The minimum absolute atomic E-state index is 0.0568. The zero-order valence-electron chi connectivity index (χ0n) is 13.3. The molecule has 0 amide bonds. The van der Waals surface area contributed by atoms with Gasteiger partial charge in [0.25, 0.3) is 0 Å². The Morgan fingerprint density at radius 3 is 2.75 bits per heavy atom. The number of benzene rings is 2. The van der Waals surface area contributed by atoms with E-state index in [1.807, 2.05) is 50.2 Å². The summed E-state index contributed by atoms with van der Waals surface area (Å²) < 4.78 is 6.69. The van der Waals surface area contributed by atoms with E-state index >= 15 is 0 Å². The van der Waals surface area contributed by atoms with Crippen molar-refractivity contribution in [2.24, 2.45) is 0 Å². The molecular weight excluding hydrogens is 340 g/mol. The minimum Gasteiger partial charge on any atom is -0.489 e. The Labute approximate surface area is 149 Å². The molecule has 0 unspecified atom stereocenters. The fraction of sp³-hybridized carbons (Fsp3) is 0.158. The van der Waals surface area contributed by atoms with Crippen LogP contribution in [0.15, 0.2) is 42.5 Å². The van der Waals surface area contributed by atoms with Crippen molar-refractivity contribution in [2.45, 2.75) is 20.0 Å². The maximum absolute atomic E-state index is 9.50. The van der Waals surface area contributed by atoms with Gasteiger partial charge in [0, 0.05) is 0 Å². The Kier molecular flexibility index (Phi) is 4.84. The van der Waals surface area contributed by atoms with Crippen molar-refractivity contribution >= 4 is 44.8 Å². The number of thiazole rings is 1. The molecule has 0 spiro atoms. The highest BCUT2D eigenvalue weighted by Gasteiger charge is 2.10. The van der Waals surface area contributed by atoms with Crippen molar-refractivity contribution in [2.75, 3.05) is 0 Å².